The van der Waals surface area contributed by atoms with Crippen LogP contribution < -0.4 is 5.32 Å². The van der Waals surface area contributed by atoms with Gasteiger partial charge in [0, 0.05) is 30.8 Å². The molecule has 0 bridgehead atoms. The third-order valence-electron chi connectivity index (χ3n) is 5.98. The highest BCUT2D eigenvalue weighted by Crippen LogP contribution is 2.40. The summed E-state index contributed by atoms with van der Waals surface area (Å²) in [7, 11) is 0. The summed E-state index contributed by atoms with van der Waals surface area (Å²) < 4.78 is 11.3. The number of anilines is 1. The molecule has 7 heteroatoms. The Morgan fingerprint density at radius 3 is 3.00 bits per heavy atom. The average Bonchev–Trinajstić information content (AvgIpc) is 3.36. The predicted octanol–water partition coefficient (Wildman–Crippen LogP) is 3.43. The molecule has 4 rings (SSSR count). The van der Waals surface area contributed by atoms with Crippen molar-refractivity contribution in [3.8, 4) is 0 Å². The van der Waals surface area contributed by atoms with Crippen molar-refractivity contribution < 1.29 is 13.9 Å². The van der Waals surface area contributed by atoms with Gasteiger partial charge < -0.3 is 19.4 Å². The fraction of sp³-hybridized carbons (Fsp3) is 0.591. The summed E-state index contributed by atoms with van der Waals surface area (Å²) in [5, 5.41) is 3.27. The average molecular weight is 399 g/mol. The highest BCUT2D eigenvalue weighted by molar-refractivity contribution is 5.76. The van der Waals surface area contributed by atoms with Gasteiger partial charge in [-0.2, -0.15) is 0 Å². The number of fused-ring (bicyclic) bond motifs is 2. The van der Waals surface area contributed by atoms with Gasteiger partial charge in [0.05, 0.1) is 37.1 Å². The molecule has 2 aromatic rings. The Hall–Kier alpha value is -2.41. The lowest BCUT2D eigenvalue weighted by atomic mass is 9.80. The fourth-order valence-electron chi connectivity index (χ4n) is 4.25. The fourth-order valence-corrected chi connectivity index (χ4v) is 4.25. The van der Waals surface area contributed by atoms with Crippen LogP contribution in [0.15, 0.2) is 22.8 Å². The van der Waals surface area contributed by atoms with Crippen LogP contribution in [0.4, 0.5) is 5.95 Å². The van der Waals surface area contributed by atoms with E-state index < -0.39 is 0 Å². The van der Waals surface area contributed by atoms with Crippen LogP contribution >= 0.6 is 0 Å². The lowest BCUT2D eigenvalue weighted by Gasteiger charge is -2.35. The first-order valence-corrected chi connectivity index (χ1v) is 10.5. The summed E-state index contributed by atoms with van der Waals surface area (Å²) in [5.41, 5.74) is 2.80. The SMILES string of the molecule is Cc1nc(NCc2ccco2)nc2c1COCC21CCN(C(=O)CCC(C)C)C1. The van der Waals surface area contributed by atoms with E-state index >= 15 is 0 Å². The maximum atomic E-state index is 12.7. The van der Waals surface area contributed by atoms with E-state index in [9.17, 15) is 4.79 Å². The Morgan fingerprint density at radius 1 is 1.38 bits per heavy atom. The summed E-state index contributed by atoms with van der Waals surface area (Å²) in [6.45, 7) is 9.41. The smallest absolute Gasteiger partial charge is 0.223 e. The van der Waals surface area contributed by atoms with Gasteiger partial charge in [0.25, 0.3) is 0 Å². The number of likely N-dealkylation sites (tertiary alicyclic amines) is 1. The molecule has 1 N–H and O–H groups in total. The maximum Gasteiger partial charge on any atom is 0.223 e. The maximum absolute atomic E-state index is 12.7. The molecule has 156 valence electrons. The standard InChI is InChI=1S/C22H30N4O3/c1-15(2)6-7-19(27)26-9-8-22(13-26)14-28-12-18-16(3)24-21(25-20(18)22)23-11-17-5-4-10-29-17/h4-5,10,15H,6-9,11-14H2,1-3H3,(H,23,24,25). The molecule has 1 atom stereocenters. The van der Waals surface area contributed by atoms with E-state index in [1.165, 1.54) is 0 Å². The third kappa shape index (κ3) is 4.15. The van der Waals surface area contributed by atoms with E-state index in [-0.39, 0.29) is 11.3 Å². The molecule has 1 unspecified atom stereocenters. The highest BCUT2D eigenvalue weighted by atomic mass is 16.5. The van der Waals surface area contributed by atoms with Crippen LogP contribution in [0, 0.1) is 12.8 Å². The van der Waals surface area contributed by atoms with Gasteiger partial charge in [-0.3, -0.25) is 4.79 Å². The van der Waals surface area contributed by atoms with E-state index in [0.717, 1.165) is 42.1 Å². The van der Waals surface area contributed by atoms with Crippen LogP contribution in [0.2, 0.25) is 0 Å². The second-order valence-electron chi connectivity index (χ2n) is 8.66. The number of furan rings is 1. The highest BCUT2D eigenvalue weighted by Gasteiger charge is 2.46. The van der Waals surface area contributed by atoms with Gasteiger partial charge in [-0.1, -0.05) is 13.8 Å². The number of carbonyl (C=O) groups excluding carboxylic acids is 1. The quantitative estimate of drug-likeness (QED) is 0.803. The minimum Gasteiger partial charge on any atom is -0.467 e. The molecule has 1 saturated heterocycles. The van der Waals surface area contributed by atoms with Crippen molar-refractivity contribution >= 4 is 11.9 Å². The summed E-state index contributed by atoms with van der Waals surface area (Å²) in [4.78, 5) is 24.2. The van der Waals surface area contributed by atoms with Crippen LogP contribution in [-0.2, 0) is 28.1 Å². The molecular weight excluding hydrogens is 368 g/mol. The molecule has 0 radical (unpaired) electrons. The first-order valence-electron chi connectivity index (χ1n) is 10.5. The van der Waals surface area contributed by atoms with E-state index in [0.29, 0.717) is 44.6 Å². The molecule has 1 spiro atoms. The molecule has 0 aromatic carbocycles. The number of carbonyl (C=O) groups is 1. The number of nitrogens with one attached hydrogen (secondary N) is 1. The number of ether oxygens (including phenoxy) is 1. The van der Waals surface area contributed by atoms with Gasteiger partial charge in [-0.15, -0.1) is 0 Å². The van der Waals surface area contributed by atoms with E-state index in [4.69, 9.17) is 14.1 Å². The molecule has 4 heterocycles. The summed E-state index contributed by atoms with van der Waals surface area (Å²) >= 11 is 0. The largest absolute Gasteiger partial charge is 0.467 e. The van der Waals surface area contributed by atoms with Gasteiger partial charge in [0.15, 0.2) is 0 Å². The van der Waals surface area contributed by atoms with Crippen molar-refractivity contribution in [3.63, 3.8) is 0 Å². The second-order valence-corrected chi connectivity index (χ2v) is 8.66. The summed E-state index contributed by atoms with van der Waals surface area (Å²) in [5.74, 6) is 2.21. The van der Waals surface area contributed by atoms with Gasteiger partial charge in [-0.05, 0) is 37.8 Å². The van der Waals surface area contributed by atoms with E-state index in [2.05, 4.69) is 24.1 Å². The van der Waals surface area contributed by atoms with Crippen LogP contribution in [0.1, 0.15) is 55.8 Å². The number of nitrogens with zero attached hydrogens (tertiary/aromatic N) is 3. The van der Waals surface area contributed by atoms with Gasteiger partial charge in [-0.25, -0.2) is 9.97 Å². The third-order valence-corrected chi connectivity index (χ3v) is 5.98. The topological polar surface area (TPSA) is 80.5 Å². The van der Waals surface area contributed by atoms with Gasteiger partial charge in [0.2, 0.25) is 11.9 Å². The Labute approximate surface area is 171 Å². The van der Waals surface area contributed by atoms with Crippen molar-refractivity contribution in [2.75, 3.05) is 25.0 Å². The monoisotopic (exact) mass is 398 g/mol. The van der Waals surface area contributed by atoms with Crippen LogP contribution in [-0.4, -0.2) is 40.5 Å². The number of hydrogen-bond donors (Lipinski definition) is 1. The second kappa shape index (κ2) is 8.14. The summed E-state index contributed by atoms with van der Waals surface area (Å²) in [6.07, 6.45) is 4.07. The Bertz CT molecular complexity index is 865. The summed E-state index contributed by atoms with van der Waals surface area (Å²) in [6, 6.07) is 3.79. The molecule has 0 aliphatic carbocycles. The van der Waals surface area contributed by atoms with Crippen molar-refractivity contribution in [1.82, 2.24) is 14.9 Å². The van der Waals surface area contributed by atoms with Crippen molar-refractivity contribution in [2.45, 2.75) is 58.6 Å². The zero-order chi connectivity index (χ0) is 20.4. The van der Waals surface area contributed by atoms with E-state index in [1.54, 1.807) is 6.26 Å². The molecule has 1 fully saturated rings. The Kier molecular flexibility index (Phi) is 5.58. The number of aromatic nitrogens is 2. The van der Waals surface area contributed by atoms with Gasteiger partial charge >= 0.3 is 0 Å². The molecule has 1 amide bonds. The van der Waals surface area contributed by atoms with Crippen LogP contribution in [0.3, 0.4) is 0 Å². The lowest BCUT2D eigenvalue weighted by molar-refractivity contribution is -0.130. The minimum absolute atomic E-state index is 0.240. The molecule has 2 aliphatic heterocycles. The molecular formula is C22H30N4O3. The Balaban J connectivity index is 1.54. The molecule has 2 aliphatic rings. The first-order chi connectivity index (χ1) is 14.0. The molecule has 2 aromatic heterocycles. The first kappa shape index (κ1) is 19.9. The zero-order valence-electron chi connectivity index (χ0n) is 17.5. The van der Waals surface area contributed by atoms with Crippen molar-refractivity contribution in [2.24, 2.45) is 5.92 Å². The van der Waals surface area contributed by atoms with Crippen LogP contribution in [0.5, 0.6) is 0 Å². The molecule has 0 saturated carbocycles. The number of hydrogen-bond acceptors (Lipinski definition) is 6. The number of aryl methyl sites for hydroxylation is 1. The molecule has 29 heavy (non-hydrogen) atoms. The minimum atomic E-state index is -0.240. The Morgan fingerprint density at radius 2 is 2.24 bits per heavy atom. The van der Waals surface area contributed by atoms with E-state index in [1.807, 2.05) is 24.0 Å². The van der Waals surface area contributed by atoms with Crippen molar-refractivity contribution in [3.05, 3.63) is 41.1 Å². The predicted molar refractivity (Wildman–Crippen MR) is 109 cm³/mol. The normalized spacial score (nSPS) is 21.0. The molecule has 7 nitrogen and oxygen atoms in total. The lowest BCUT2D eigenvalue weighted by Crippen LogP contribution is -2.42. The van der Waals surface area contributed by atoms with Crippen LogP contribution in [0.25, 0.3) is 0 Å². The van der Waals surface area contributed by atoms with Crippen molar-refractivity contribution in [1.29, 1.82) is 0 Å². The number of amides is 1. The number of rotatable bonds is 6. The van der Waals surface area contributed by atoms with Gasteiger partial charge in [0.1, 0.15) is 5.76 Å². The zero-order valence-corrected chi connectivity index (χ0v) is 17.5.